The molecule has 92 valence electrons. The van der Waals surface area contributed by atoms with Crippen LogP contribution in [-0.2, 0) is 6.54 Å². The highest BCUT2D eigenvalue weighted by molar-refractivity contribution is 7.16. The number of rotatable bonds is 3. The summed E-state index contributed by atoms with van der Waals surface area (Å²) in [7, 11) is 2.05. The van der Waals surface area contributed by atoms with Crippen molar-refractivity contribution >= 4 is 35.3 Å². The average molecular weight is 281 g/mol. The van der Waals surface area contributed by atoms with E-state index in [9.17, 15) is 0 Å². The van der Waals surface area contributed by atoms with E-state index in [1.807, 2.05) is 6.07 Å². The van der Waals surface area contributed by atoms with Gasteiger partial charge in [0.2, 0.25) is 0 Å². The Morgan fingerprint density at radius 2 is 2.12 bits per heavy atom. The van der Waals surface area contributed by atoms with Crippen LogP contribution in [0.3, 0.4) is 0 Å². The summed E-state index contributed by atoms with van der Waals surface area (Å²) in [6.07, 6.45) is 2.52. The van der Waals surface area contributed by atoms with Crippen molar-refractivity contribution in [3.63, 3.8) is 0 Å². The summed E-state index contributed by atoms with van der Waals surface area (Å²) in [5.41, 5.74) is 0. The largest absolute Gasteiger partial charge is 0.317 e. The monoisotopic (exact) mass is 280 g/mol. The van der Waals surface area contributed by atoms with E-state index in [2.05, 4.69) is 23.3 Å². The molecule has 2 heterocycles. The van der Waals surface area contributed by atoms with Crippen molar-refractivity contribution in [3.8, 4) is 0 Å². The Balaban J connectivity index is 0.00000128. The summed E-state index contributed by atoms with van der Waals surface area (Å²) in [6.45, 7) is 3.45. The third kappa shape index (κ3) is 3.90. The molecule has 0 aromatic carbocycles. The van der Waals surface area contributed by atoms with Gasteiger partial charge in [-0.05, 0) is 45.1 Å². The first-order chi connectivity index (χ1) is 7.28. The molecule has 5 heteroatoms. The lowest BCUT2D eigenvalue weighted by atomic mass is 10.1. The lowest BCUT2D eigenvalue weighted by molar-refractivity contribution is 0.196. The number of hydrogen-bond acceptors (Lipinski definition) is 3. The van der Waals surface area contributed by atoms with Crippen LogP contribution < -0.4 is 5.32 Å². The molecule has 16 heavy (non-hydrogen) atoms. The fourth-order valence-electron chi connectivity index (χ4n) is 2.04. The van der Waals surface area contributed by atoms with Gasteiger partial charge in [0.1, 0.15) is 0 Å². The number of hydrogen-bond donors (Lipinski definition) is 1. The van der Waals surface area contributed by atoms with Crippen LogP contribution in [0.4, 0.5) is 0 Å². The minimum absolute atomic E-state index is 0. The van der Waals surface area contributed by atoms with Gasteiger partial charge in [0.05, 0.1) is 4.34 Å². The van der Waals surface area contributed by atoms with Crippen molar-refractivity contribution in [1.82, 2.24) is 10.2 Å². The van der Waals surface area contributed by atoms with Crippen LogP contribution in [-0.4, -0.2) is 31.1 Å². The topological polar surface area (TPSA) is 15.3 Å². The maximum Gasteiger partial charge on any atom is 0.0931 e. The van der Waals surface area contributed by atoms with Gasteiger partial charge in [-0.2, -0.15) is 0 Å². The number of halogens is 2. The van der Waals surface area contributed by atoms with E-state index in [4.69, 9.17) is 11.6 Å². The quantitative estimate of drug-likeness (QED) is 0.916. The van der Waals surface area contributed by atoms with Gasteiger partial charge in [-0.1, -0.05) is 11.6 Å². The highest BCUT2D eigenvalue weighted by Gasteiger charge is 2.17. The molecular formula is C11H18Cl2N2S. The van der Waals surface area contributed by atoms with Gasteiger partial charge in [-0.25, -0.2) is 0 Å². The van der Waals surface area contributed by atoms with Crippen molar-refractivity contribution in [1.29, 1.82) is 0 Å². The Kier molecular flexibility index (Phi) is 6.08. The number of thiophene rings is 1. The molecule has 0 amide bonds. The molecule has 1 aliphatic rings. The summed E-state index contributed by atoms with van der Waals surface area (Å²) in [6, 6.07) is 4.84. The molecule has 1 N–H and O–H groups in total. The molecular weight excluding hydrogens is 263 g/mol. The molecule has 0 spiro atoms. The van der Waals surface area contributed by atoms with Gasteiger partial charge >= 0.3 is 0 Å². The highest BCUT2D eigenvalue weighted by atomic mass is 35.5. The number of nitrogens with one attached hydrogen (secondary N) is 1. The Morgan fingerprint density at radius 3 is 2.62 bits per heavy atom. The first-order valence-corrected chi connectivity index (χ1v) is 6.61. The van der Waals surface area contributed by atoms with Gasteiger partial charge in [0, 0.05) is 17.5 Å². The number of nitrogens with zero attached hydrogens (tertiary/aromatic N) is 1. The van der Waals surface area contributed by atoms with Crippen molar-refractivity contribution < 1.29 is 0 Å². The van der Waals surface area contributed by atoms with Crippen LogP contribution in [0, 0.1) is 0 Å². The predicted octanol–water partition coefficient (Wildman–Crippen LogP) is 3.01. The molecule has 0 atom stereocenters. The highest BCUT2D eigenvalue weighted by Crippen LogP contribution is 2.23. The van der Waals surface area contributed by atoms with Gasteiger partial charge in [0.15, 0.2) is 0 Å². The van der Waals surface area contributed by atoms with Crippen LogP contribution in [0.2, 0.25) is 4.34 Å². The van der Waals surface area contributed by atoms with E-state index in [0.29, 0.717) is 6.04 Å². The molecule has 1 fully saturated rings. The number of piperidine rings is 1. The Hall–Kier alpha value is 0.200. The van der Waals surface area contributed by atoms with Crippen LogP contribution in [0.25, 0.3) is 0 Å². The van der Waals surface area contributed by atoms with Gasteiger partial charge < -0.3 is 5.32 Å². The van der Waals surface area contributed by atoms with Crippen molar-refractivity contribution in [2.45, 2.75) is 25.4 Å². The van der Waals surface area contributed by atoms with Gasteiger partial charge in [0.25, 0.3) is 0 Å². The maximum absolute atomic E-state index is 5.91. The van der Waals surface area contributed by atoms with E-state index in [0.717, 1.165) is 10.9 Å². The Bertz CT molecular complexity index is 309. The minimum Gasteiger partial charge on any atom is -0.317 e. The fraction of sp³-hybridized carbons (Fsp3) is 0.636. The predicted molar refractivity (Wildman–Crippen MR) is 73.9 cm³/mol. The van der Waals surface area contributed by atoms with E-state index >= 15 is 0 Å². The van der Waals surface area contributed by atoms with Crippen molar-refractivity contribution in [3.05, 3.63) is 21.3 Å². The first-order valence-electron chi connectivity index (χ1n) is 5.42. The van der Waals surface area contributed by atoms with Gasteiger partial charge in [-0.15, -0.1) is 23.7 Å². The van der Waals surface area contributed by atoms with E-state index in [1.165, 1.54) is 30.8 Å². The first kappa shape index (κ1) is 14.3. The zero-order valence-electron chi connectivity index (χ0n) is 9.41. The molecule has 1 aromatic rings. The van der Waals surface area contributed by atoms with Crippen LogP contribution in [0.15, 0.2) is 12.1 Å². The minimum atomic E-state index is 0. The second kappa shape index (κ2) is 6.82. The van der Waals surface area contributed by atoms with Crippen LogP contribution in [0.5, 0.6) is 0 Å². The maximum atomic E-state index is 5.91. The van der Waals surface area contributed by atoms with E-state index in [-0.39, 0.29) is 12.4 Å². The van der Waals surface area contributed by atoms with Gasteiger partial charge in [-0.3, -0.25) is 4.90 Å². The van der Waals surface area contributed by atoms with Crippen LogP contribution >= 0.6 is 35.3 Å². The summed E-state index contributed by atoms with van der Waals surface area (Å²) < 4.78 is 0.898. The zero-order valence-corrected chi connectivity index (χ0v) is 11.8. The normalized spacial score (nSPS) is 18.4. The molecule has 1 aliphatic heterocycles. The second-order valence-corrected chi connectivity index (χ2v) is 5.84. The summed E-state index contributed by atoms with van der Waals surface area (Å²) >= 11 is 7.61. The van der Waals surface area contributed by atoms with Crippen molar-refractivity contribution in [2.75, 3.05) is 20.1 Å². The fourth-order valence-corrected chi connectivity index (χ4v) is 3.17. The van der Waals surface area contributed by atoms with E-state index in [1.54, 1.807) is 11.3 Å². The lowest BCUT2D eigenvalue weighted by Crippen LogP contribution is -2.40. The van der Waals surface area contributed by atoms with Crippen LogP contribution in [0.1, 0.15) is 17.7 Å². The third-order valence-electron chi connectivity index (χ3n) is 3.00. The molecule has 0 saturated carbocycles. The Morgan fingerprint density at radius 1 is 1.44 bits per heavy atom. The molecule has 1 saturated heterocycles. The summed E-state index contributed by atoms with van der Waals surface area (Å²) in [5, 5.41) is 3.35. The van der Waals surface area contributed by atoms with Crippen molar-refractivity contribution in [2.24, 2.45) is 0 Å². The molecule has 0 radical (unpaired) electrons. The lowest BCUT2D eigenvalue weighted by Gasteiger charge is -2.31. The smallest absolute Gasteiger partial charge is 0.0931 e. The summed E-state index contributed by atoms with van der Waals surface area (Å²) in [5.74, 6) is 0. The third-order valence-corrected chi connectivity index (χ3v) is 4.22. The average Bonchev–Trinajstić information content (AvgIpc) is 2.65. The van der Waals surface area contributed by atoms with E-state index < -0.39 is 0 Å². The molecule has 0 aliphatic carbocycles. The summed E-state index contributed by atoms with van der Waals surface area (Å²) in [4.78, 5) is 3.89. The standard InChI is InChI=1S/C11H17ClN2S.ClH/c1-13-9-4-6-14(7-5-9)8-10-2-3-11(12)15-10;/h2-3,9,13H,4-8H2,1H3;1H. The molecule has 0 bridgehead atoms. The molecule has 1 aromatic heterocycles. The molecule has 0 unspecified atom stereocenters. The second-order valence-electron chi connectivity index (χ2n) is 4.04. The molecule has 2 rings (SSSR count). The Labute approximate surface area is 112 Å². The SMILES string of the molecule is CNC1CCN(Cc2ccc(Cl)s2)CC1.Cl. The molecule has 2 nitrogen and oxygen atoms in total. The number of likely N-dealkylation sites (tertiary alicyclic amines) is 1. The zero-order chi connectivity index (χ0) is 10.7.